The summed E-state index contributed by atoms with van der Waals surface area (Å²) in [5.74, 6) is 0.165. The number of rotatable bonds is 5. The van der Waals surface area contributed by atoms with Crippen molar-refractivity contribution in [3.8, 4) is 0 Å². The van der Waals surface area contributed by atoms with E-state index in [-0.39, 0.29) is 17.9 Å². The van der Waals surface area contributed by atoms with E-state index in [0.29, 0.717) is 12.1 Å². The molecule has 0 radical (unpaired) electrons. The number of nitrogens with one attached hydrogen (secondary N) is 1. The molecule has 1 aromatic carbocycles. The van der Waals surface area contributed by atoms with E-state index in [9.17, 15) is 4.79 Å². The predicted molar refractivity (Wildman–Crippen MR) is 99.8 cm³/mol. The third-order valence-electron chi connectivity index (χ3n) is 4.43. The molecule has 0 aliphatic rings. The Hall–Kier alpha value is -2.69. The van der Waals surface area contributed by atoms with Gasteiger partial charge in [0.15, 0.2) is 5.65 Å². The van der Waals surface area contributed by atoms with Gasteiger partial charge in [-0.3, -0.25) is 4.79 Å². The average Bonchev–Trinajstić information content (AvgIpc) is 3.02. The number of carbonyl (C=O) groups is 1. The molecule has 0 aliphatic carbocycles. The Bertz CT molecular complexity index is 883. The van der Waals surface area contributed by atoms with Crippen molar-refractivity contribution in [1.29, 1.82) is 0 Å². The van der Waals surface area contributed by atoms with Crippen LogP contribution in [0.25, 0.3) is 11.0 Å². The zero-order valence-electron chi connectivity index (χ0n) is 15.2. The summed E-state index contributed by atoms with van der Waals surface area (Å²) in [5, 5.41) is 8.29. The van der Waals surface area contributed by atoms with Gasteiger partial charge in [0.25, 0.3) is 5.91 Å². The molecule has 3 rings (SSSR count). The number of aromatic nitrogens is 3. The SMILES string of the molecule is Cc1nc2c(cnn2C(C)C)cc1C(=O)NCC(C)c1ccccc1. The summed E-state index contributed by atoms with van der Waals surface area (Å²) in [6, 6.07) is 12.3. The second-order valence-corrected chi connectivity index (χ2v) is 6.74. The van der Waals surface area contributed by atoms with Gasteiger partial charge in [0.2, 0.25) is 0 Å². The van der Waals surface area contributed by atoms with Gasteiger partial charge in [-0.1, -0.05) is 37.3 Å². The molecule has 0 bridgehead atoms. The van der Waals surface area contributed by atoms with Crippen molar-refractivity contribution in [2.45, 2.75) is 39.7 Å². The molecule has 25 heavy (non-hydrogen) atoms. The minimum absolute atomic E-state index is 0.0908. The number of benzene rings is 1. The highest BCUT2D eigenvalue weighted by Gasteiger charge is 2.16. The summed E-state index contributed by atoms with van der Waals surface area (Å²) < 4.78 is 1.88. The van der Waals surface area contributed by atoms with Crippen molar-refractivity contribution in [3.05, 3.63) is 59.4 Å². The van der Waals surface area contributed by atoms with Crippen LogP contribution in [-0.2, 0) is 0 Å². The molecule has 5 nitrogen and oxygen atoms in total. The van der Waals surface area contributed by atoms with Gasteiger partial charge in [0.05, 0.1) is 17.5 Å². The summed E-state index contributed by atoms with van der Waals surface area (Å²) in [6.07, 6.45) is 1.77. The Labute approximate surface area is 148 Å². The van der Waals surface area contributed by atoms with Crippen LogP contribution >= 0.6 is 0 Å². The van der Waals surface area contributed by atoms with Gasteiger partial charge in [-0.05, 0) is 38.3 Å². The lowest BCUT2D eigenvalue weighted by molar-refractivity contribution is 0.0951. The fourth-order valence-electron chi connectivity index (χ4n) is 2.91. The Morgan fingerprint density at radius 1 is 1.20 bits per heavy atom. The van der Waals surface area contributed by atoms with Crippen molar-refractivity contribution < 1.29 is 4.79 Å². The van der Waals surface area contributed by atoms with E-state index in [2.05, 4.69) is 48.3 Å². The molecule has 0 spiro atoms. The lowest BCUT2D eigenvalue weighted by atomic mass is 10.0. The van der Waals surface area contributed by atoms with Crippen molar-refractivity contribution in [2.24, 2.45) is 0 Å². The lowest BCUT2D eigenvalue weighted by Gasteiger charge is -2.14. The summed E-state index contributed by atoms with van der Waals surface area (Å²) in [6.45, 7) is 8.69. The van der Waals surface area contributed by atoms with Gasteiger partial charge in [-0.25, -0.2) is 9.67 Å². The van der Waals surface area contributed by atoms with Crippen molar-refractivity contribution in [3.63, 3.8) is 0 Å². The third-order valence-corrected chi connectivity index (χ3v) is 4.43. The van der Waals surface area contributed by atoms with Crippen LogP contribution in [0.2, 0.25) is 0 Å². The molecule has 1 N–H and O–H groups in total. The molecule has 3 aromatic rings. The molecule has 130 valence electrons. The molecule has 1 atom stereocenters. The van der Waals surface area contributed by atoms with Crippen LogP contribution in [0, 0.1) is 6.92 Å². The zero-order chi connectivity index (χ0) is 18.0. The third kappa shape index (κ3) is 3.55. The molecule has 0 aliphatic heterocycles. The normalized spacial score (nSPS) is 12.5. The Morgan fingerprint density at radius 3 is 2.60 bits per heavy atom. The second kappa shape index (κ2) is 7.05. The van der Waals surface area contributed by atoms with Crippen molar-refractivity contribution in [2.75, 3.05) is 6.54 Å². The first kappa shape index (κ1) is 17.1. The first-order valence-electron chi connectivity index (χ1n) is 8.65. The fourth-order valence-corrected chi connectivity index (χ4v) is 2.91. The molecule has 0 fully saturated rings. The molecular weight excluding hydrogens is 312 g/mol. The fraction of sp³-hybridized carbons (Fsp3) is 0.350. The number of amides is 1. The predicted octanol–water partition coefficient (Wildman–Crippen LogP) is 3.85. The Kier molecular flexibility index (Phi) is 4.83. The van der Waals surface area contributed by atoms with Gasteiger partial charge in [-0.15, -0.1) is 0 Å². The first-order chi connectivity index (χ1) is 12.0. The van der Waals surface area contributed by atoms with Gasteiger partial charge in [0.1, 0.15) is 0 Å². The van der Waals surface area contributed by atoms with E-state index < -0.39 is 0 Å². The van der Waals surface area contributed by atoms with Crippen LogP contribution in [0.4, 0.5) is 0 Å². The maximum absolute atomic E-state index is 12.6. The topological polar surface area (TPSA) is 59.8 Å². The maximum atomic E-state index is 12.6. The molecule has 1 unspecified atom stereocenters. The summed E-state index contributed by atoms with van der Waals surface area (Å²) >= 11 is 0. The van der Waals surface area contributed by atoms with E-state index in [0.717, 1.165) is 16.7 Å². The Balaban J connectivity index is 1.77. The van der Waals surface area contributed by atoms with Crippen molar-refractivity contribution >= 4 is 16.9 Å². The number of fused-ring (bicyclic) bond motifs is 1. The van der Waals surface area contributed by atoms with Gasteiger partial charge >= 0.3 is 0 Å². The van der Waals surface area contributed by atoms with E-state index in [1.807, 2.05) is 35.9 Å². The smallest absolute Gasteiger partial charge is 0.253 e. The van der Waals surface area contributed by atoms with Crippen molar-refractivity contribution in [1.82, 2.24) is 20.1 Å². The highest BCUT2D eigenvalue weighted by Crippen LogP contribution is 2.19. The second-order valence-electron chi connectivity index (χ2n) is 6.74. The summed E-state index contributed by atoms with van der Waals surface area (Å²) in [5.41, 5.74) is 3.36. The number of hydrogen-bond acceptors (Lipinski definition) is 3. The van der Waals surface area contributed by atoms with Gasteiger partial charge < -0.3 is 5.32 Å². The highest BCUT2D eigenvalue weighted by atomic mass is 16.1. The molecule has 2 aromatic heterocycles. The summed E-state index contributed by atoms with van der Waals surface area (Å²) in [7, 11) is 0. The monoisotopic (exact) mass is 336 g/mol. The van der Waals surface area contributed by atoms with E-state index in [4.69, 9.17) is 0 Å². The maximum Gasteiger partial charge on any atom is 0.253 e. The first-order valence-corrected chi connectivity index (χ1v) is 8.65. The highest BCUT2D eigenvalue weighted by molar-refractivity contribution is 5.98. The number of nitrogens with zero attached hydrogens (tertiary/aromatic N) is 3. The molecule has 0 saturated heterocycles. The largest absolute Gasteiger partial charge is 0.351 e. The number of hydrogen-bond donors (Lipinski definition) is 1. The van der Waals surface area contributed by atoms with Crippen LogP contribution in [-0.4, -0.2) is 27.2 Å². The Morgan fingerprint density at radius 2 is 1.92 bits per heavy atom. The molecule has 0 saturated carbocycles. The molecule has 2 heterocycles. The molecular formula is C20H24N4O. The number of aryl methyl sites for hydroxylation is 1. The minimum Gasteiger partial charge on any atom is -0.351 e. The summed E-state index contributed by atoms with van der Waals surface area (Å²) in [4.78, 5) is 17.2. The molecule has 1 amide bonds. The van der Waals surface area contributed by atoms with Gasteiger partial charge in [0, 0.05) is 18.0 Å². The average molecular weight is 336 g/mol. The number of carbonyl (C=O) groups excluding carboxylic acids is 1. The minimum atomic E-state index is -0.0908. The van der Waals surface area contributed by atoms with Crippen LogP contribution in [0.15, 0.2) is 42.6 Å². The van der Waals surface area contributed by atoms with Crippen LogP contribution in [0.3, 0.4) is 0 Å². The quantitative estimate of drug-likeness (QED) is 0.770. The van der Waals surface area contributed by atoms with E-state index in [1.165, 1.54) is 5.56 Å². The van der Waals surface area contributed by atoms with E-state index >= 15 is 0 Å². The standard InChI is InChI=1S/C20H24N4O/c1-13(2)24-19-17(12-22-24)10-18(15(4)23-19)20(25)21-11-14(3)16-8-6-5-7-9-16/h5-10,12-14H,11H2,1-4H3,(H,21,25). The van der Waals surface area contributed by atoms with Gasteiger partial charge in [-0.2, -0.15) is 5.10 Å². The number of pyridine rings is 1. The lowest BCUT2D eigenvalue weighted by Crippen LogP contribution is -2.28. The van der Waals surface area contributed by atoms with Crippen LogP contribution in [0.5, 0.6) is 0 Å². The van der Waals surface area contributed by atoms with E-state index in [1.54, 1.807) is 6.20 Å². The van der Waals surface area contributed by atoms with Crippen LogP contribution in [0.1, 0.15) is 54.3 Å². The zero-order valence-corrected chi connectivity index (χ0v) is 15.2. The van der Waals surface area contributed by atoms with Crippen LogP contribution < -0.4 is 5.32 Å². The molecule has 5 heteroatoms.